The second-order valence-electron chi connectivity index (χ2n) is 3.17. The van der Waals surface area contributed by atoms with Crippen molar-refractivity contribution in [1.82, 2.24) is 0 Å². The summed E-state index contributed by atoms with van der Waals surface area (Å²) in [5.41, 5.74) is 5.39. The average molecular weight is 140 g/mol. The van der Waals surface area contributed by atoms with Crippen molar-refractivity contribution in [1.29, 1.82) is 5.41 Å². The molecule has 0 spiro atoms. The number of nitrogens with two attached hydrogens (primary N) is 1. The Morgan fingerprint density at radius 2 is 2.30 bits per heavy atom. The number of ether oxygens (including phenoxy) is 1. The zero-order valence-corrected chi connectivity index (χ0v) is 5.84. The van der Waals surface area contributed by atoms with Crippen LogP contribution < -0.4 is 5.73 Å². The molecule has 0 aromatic heterocycles. The lowest BCUT2D eigenvalue weighted by atomic mass is 9.89. The molecule has 0 aromatic rings. The molecule has 0 saturated carbocycles. The fraction of sp³-hybridized carbons (Fsp3) is 0.857. The lowest BCUT2D eigenvalue weighted by Crippen LogP contribution is -2.30. The molecule has 2 aliphatic heterocycles. The highest BCUT2D eigenvalue weighted by Gasteiger charge is 2.41. The van der Waals surface area contributed by atoms with Gasteiger partial charge in [0, 0.05) is 5.92 Å². The van der Waals surface area contributed by atoms with E-state index in [4.69, 9.17) is 15.9 Å². The topological polar surface area (TPSA) is 59.1 Å². The van der Waals surface area contributed by atoms with Gasteiger partial charge in [-0.05, 0) is 19.3 Å². The van der Waals surface area contributed by atoms with Gasteiger partial charge in [-0.1, -0.05) is 0 Å². The third-order valence-electron chi connectivity index (χ3n) is 2.51. The minimum atomic E-state index is 0.235. The third kappa shape index (κ3) is 0.736. The molecule has 2 fully saturated rings. The highest BCUT2D eigenvalue weighted by Crippen LogP contribution is 2.38. The normalized spacial score (nSPS) is 44.2. The molecule has 56 valence electrons. The molecule has 2 bridgehead atoms. The molecule has 0 aliphatic carbocycles. The zero-order valence-electron chi connectivity index (χ0n) is 5.84. The van der Waals surface area contributed by atoms with Gasteiger partial charge in [-0.25, -0.2) is 0 Å². The van der Waals surface area contributed by atoms with Crippen LogP contribution in [0.15, 0.2) is 0 Å². The van der Waals surface area contributed by atoms with Gasteiger partial charge in [0.2, 0.25) is 0 Å². The Bertz CT molecular complexity index is 169. The Morgan fingerprint density at radius 1 is 1.50 bits per heavy atom. The first-order chi connectivity index (χ1) is 4.77. The SMILES string of the molecule is N=C(N)C1CC2CCC1O2. The van der Waals surface area contributed by atoms with Crippen LogP contribution in [0.2, 0.25) is 0 Å². The summed E-state index contributed by atoms with van der Waals surface area (Å²) in [4.78, 5) is 0. The lowest BCUT2D eigenvalue weighted by molar-refractivity contribution is 0.0994. The summed E-state index contributed by atoms with van der Waals surface area (Å²) in [6, 6.07) is 0. The quantitative estimate of drug-likeness (QED) is 0.411. The Balaban J connectivity index is 2.08. The van der Waals surface area contributed by atoms with Crippen molar-refractivity contribution >= 4 is 5.84 Å². The van der Waals surface area contributed by atoms with E-state index in [2.05, 4.69) is 0 Å². The summed E-state index contributed by atoms with van der Waals surface area (Å²) in [7, 11) is 0. The molecule has 0 aromatic carbocycles. The first-order valence-electron chi connectivity index (χ1n) is 3.77. The van der Waals surface area contributed by atoms with E-state index in [1.165, 1.54) is 6.42 Å². The zero-order chi connectivity index (χ0) is 7.14. The maximum absolute atomic E-state index is 7.24. The molecule has 2 aliphatic rings. The standard InChI is InChI=1S/C7H12N2O/c8-7(9)5-3-4-1-2-6(5)10-4/h4-6H,1-3H2,(H3,8,9). The van der Waals surface area contributed by atoms with E-state index in [9.17, 15) is 0 Å². The maximum atomic E-state index is 7.24. The Hall–Kier alpha value is -0.570. The van der Waals surface area contributed by atoms with Crippen LogP contribution in [0.3, 0.4) is 0 Å². The monoisotopic (exact) mass is 140 g/mol. The van der Waals surface area contributed by atoms with Crippen molar-refractivity contribution in [2.24, 2.45) is 11.7 Å². The average Bonchev–Trinajstić information content (AvgIpc) is 2.44. The van der Waals surface area contributed by atoms with Crippen LogP contribution in [-0.2, 0) is 4.74 Å². The fourth-order valence-corrected chi connectivity index (χ4v) is 1.97. The van der Waals surface area contributed by atoms with E-state index in [1.807, 2.05) is 0 Å². The summed E-state index contributed by atoms with van der Waals surface area (Å²) in [6.07, 6.45) is 3.96. The van der Waals surface area contributed by atoms with Crippen LogP contribution in [0.1, 0.15) is 19.3 Å². The number of rotatable bonds is 1. The van der Waals surface area contributed by atoms with Gasteiger partial charge in [0.15, 0.2) is 0 Å². The van der Waals surface area contributed by atoms with Gasteiger partial charge in [-0.2, -0.15) is 0 Å². The van der Waals surface area contributed by atoms with Crippen LogP contribution in [0, 0.1) is 11.3 Å². The van der Waals surface area contributed by atoms with Gasteiger partial charge in [0.05, 0.1) is 18.0 Å². The highest BCUT2D eigenvalue weighted by atomic mass is 16.5. The molecule has 0 radical (unpaired) electrons. The minimum absolute atomic E-state index is 0.235. The van der Waals surface area contributed by atoms with Gasteiger partial charge in [-0.3, -0.25) is 5.41 Å². The van der Waals surface area contributed by atoms with Crippen LogP contribution in [0.5, 0.6) is 0 Å². The molecule has 2 saturated heterocycles. The van der Waals surface area contributed by atoms with E-state index in [1.54, 1.807) is 0 Å². The molecule has 3 nitrogen and oxygen atoms in total. The molecule has 2 rings (SSSR count). The second kappa shape index (κ2) is 1.95. The molecule has 3 unspecified atom stereocenters. The summed E-state index contributed by atoms with van der Waals surface area (Å²) >= 11 is 0. The van der Waals surface area contributed by atoms with Crippen LogP contribution in [0.4, 0.5) is 0 Å². The van der Waals surface area contributed by atoms with Crippen molar-refractivity contribution in [2.45, 2.75) is 31.5 Å². The molecular weight excluding hydrogens is 128 g/mol. The predicted molar refractivity (Wildman–Crippen MR) is 37.9 cm³/mol. The number of hydrogen-bond acceptors (Lipinski definition) is 2. The Morgan fingerprint density at radius 3 is 2.60 bits per heavy atom. The van der Waals surface area contributed by atoms with Crippen molar-refractivity contribution < 1.29 is 4.74 Å². The molecule has 3 heteroatoms. The van der Waals surface area contributed by atoms with Crippen molar-refractivity contribution in [3.05, 3.63) is 0 Å². The Kier molecular flexibility index (Phi) is 1.20. The number of hydrogen-bond donors (Lipinski definition) is 2. The van der Waals surface area contributed by atoms with E-state index in [0.717, 1.165) is 12.8 Å². The van der Waals surface area contributed by atoms with E-state index >= 15 is 0 Å². The Labute approximate surface area is 60.1 Å². The number of amidine groups is 1. The molecule has 2 heterocycles. The summed E-state index contributed by atoms with van der Waals surface area (Å²) in [6.45, 7) is 0. The molecule has 3 atom stereocenters. The summed E-state index contributed by atoms with van der Waals surface area (Å²) in [5, 5.41) is 7.24. The minimum Gasteiger partial charge on any atom is -0.387 e. The van der Waals surface area contributed by atoms with Crippen molar-refractivity contribution in [2.75, 3.05) is 0 Å². The molecule has 3 N–H and O–H groups in total. The van der Waals surface area contributed by atoms with Gasteiger partial charge in [0.1, 0.15) is 0 Å². The predicted octanol–water partition coefficient (Wildman–Crippen LogP) is 0.490. The molecule has 10 heavy (non-hydrogen) atoms. The van der Waals surface area contributed by atoms with Crippen LogP contribution in [-0.4, -0.2) is 18.0 Å². The van der Waals surface area contributed by atoms with Gasteiger partial charge >= 0.3 is 0 Å². The fourth-order valence-electron chi connectivity index (χ4n) is 1.97. The van der Waals surface area contributed by atoms with E-state index < -0.39 is 0 Å². The smallest absolute Gasteiger partial charge is 0.0964 e. The first-order valence-corrected chi connectivity index (χ1v) is 3.77. The third-order valence-corrected chi connectivity index (χ3v) is 2.51. The van der Waals surface area contributed by atoms with Crippen LogP contribution in [0.25, 0.3) is 0 Å². The number of nitrogens with one attached hydrogen (secondary N) is 1. The second-order valence-corrected chi connectivity index (χ2v) is 3.17. The van der Waals surface area contributed by atoms with Crippen molar-refractivity contribution in [3.8, 4) is 0 Å². The lowest BCUT2D eigenvalue weighted by Gasteiger charge is -2.15. The van der Waals surface area contributed by atoms with E-state index in [-0.39, 0.29) is 12.0 Å². The molecule has 0 amide bonds. The summed E-state index contributed by atoms with van der Waals surface area (Å²) in [5.74, 6) is 0.547. The number of fused-ring (bicyclic) bond motifs is 2. The highest BCUT2D eigenvalue weighted by molar-refractivity contribution is 5.80. The van der Waals surface area contributed by atoms with Crippen LogP contribution >= 0.6 is 0 Å². The van der Waals surface area contributed by atoms with Gasteiger partial charge in [-0.15, -0.1) is 0 Å². The molecular formula is C7H12N2O. The maximum Gasteiger partial charge on any atom is 0.0964 e. The van der Waals surface area contributed by atoms with Gasteiger partial charge < -0.3 is 10.5 Å². The summed E-state index contributed by atoms with van der Waals surface area (Å²) < 4.78 is 5.53. The largest absolute Gasteiger partial charge is 0.387 e. The van der Waals surface area contributed by atoms with Gasteiger partial charge in [0.25, 0.3) is 0 Å². The van der Waals surface area contributed by atoms with Crippen molar-refractivity contribution in [3.63, 3.8) is 0 Å². The van der Waals surface area contributed by atoms with E-state index in [0.29, 0.717) is 11.9 Å². The first kappa shape index (κ1) is 6.16.